The molecule has 2 heteroatoms. The minimum Gasteiger partial charge on any atom is -0.497 e. The highest BCUT2D eigenvalue weighted by Crippen LogP contribution is 2.32. The van der Waals surface area contributed by atoms with E-state index in [2.05, 4.69) is 32.9 Å². The minimum absolute atomic E-state index is 0.193. The minimum atomic E-state index is 0.193. The highest BCUT2D eigenvalue weighted by Gasteiger charge is 2.22. The maximum Gasteiger partial charge on any atom is 0.118 e. The summed E-state index contributed by atoms with van der Waals surface area (Å²) < 4.78 is 5.16. The molecule has 0 saturated heterocycles. The van der Waals surface area contributed by atoms with Crippen LogP contribution in [0.4, 0.5) is 0 Å². The van der Waals surface area contributed by atoms with E-state index in [4.69, 9.17) is 16.3 Å². The molecule has 16 heavy (non-hydrogen) atoms. The van der Waals surface area contributed by atoms with Crippen LogP contribution in [0.2, 0.25) is 0 Å². The molecular formula is C14H21ClO. The summed E-state index contributed by atoms with van der Waals surface area (Å²) in [6.45, 7) is 6.53. The average Bonchev–Trinajstić information content (AvgIpc) is 2.30. The molecule has 0 amide bonds. The van der Waals surface area contributed by atoms with Crippen molar-refractivity contribution < 1.29 is 4.74 Å². The van der Waals surface area contributed by atoms with Crippen LogP contribution in [-0.2, 0) is 0 Å². The molecule has 0 N–H and O–H groups in total. The lowest BCUT2D eigenvalue weighted by molar-refractivity contribution is 0.414. The summed E-state index contributed by atoms with van der Waals surface area (Å²) >= 11 is 6.46. The fourth-order valence-electron chi connectivity index (χ4n) is 1.96. The fraction of sp³-hybridized carbons (Fsp3) is 0.571. The van der Waals surface area contributed by atoms with Crippen molar-refractivity contribution in [3.63, 3.8) is 0 Å². The van der Waals surface area contributed by atoms with Gasteiger partial charge in [0, 0.05) is 11.3 Å². The molecule has 2 atom stereocenters. The van der Waals surface area contributed by atoms with Crippen molar-refractivity contribution in [2.45, 2.75) is 38.5 Å². The van der Waals surface area contributed by atoms with E-state index in [1.165, 1.54) is 5.56 Å². The van der Waals surface area contributed by atoms with E-state index < -0.39 is 0 Å². The third kappa shape index (κ3) is 3.15. The van der Waals surface area contributed by atoms with Crippen LogP contribution in [0.5, 0.6) is 5.75 Å². The van der Waals surface area contributed by atoms with Gasteiger partial charge in [-0.05, 0) is 30.0 Å². The topological polar surface area (TPSA) is 9.23 Å². The number of methoxy groups -OCH3 is 1. The van der Waals surface area contributed by atoms with Gasteiger partial charge in [0.25, 0.3) is 0 Å². The molecule has 0 aliphatic carbocycles. The number of hydrogen-bond donors (Lipinski definition) is 0. The van der Waals surface area contributed by atoms with E-state index >= 15 is 0 Å². The predicted octanol–water partition coefficient (Wildman–Crippen LogP) is 4.45. The fourth-order valence-corrected chi connectivity index (χ4v) is 2.28. The summed E-state index contributed by atoms with van der Waals surface area (Å²) in [7, 11) is 1.69. The Kier molecular flexibility index (Phi) is 5.14. The van der Waals surface area contributed by atoms with E-state index in [1.54, 1.807) is 7.11 Å². The van der Waals surface area contributed by atoms with Gasteiger partial charge in [-0.15, -0.1) is 11.6 Å². The van der Waals surface area contributed by atoms with Crippen LogP contribution >= 0.6 is 11.6 Å². The van der Waals surface area contributed by atoms with Crippen molar-refractivity contribution in [1.82, 2.24) is 0 Å². The van der Waals surface area contributed by atoms with Crippen molar-refractivity contribution in [1.29, 1.82) is 0 Å². The second kappa shape index (κ2) is 6.15. The van der Waals surface area contributed by atoms with Gasteiger partial charge in [0.05, 0.1) is 7.11 Å². The summed E-state index contributed by atoms with van der Waals surface area (Å²) in [5.74, 6) is 1.82. The summed E-state index contributed by atoms with van der Waals surface area (Å²) in [6, 6.07) is 8.24. The Bertz CT molecular complexity index is 305. The lowest BCUT2D eigenvalue weighted by Gasteiger charge is -2.24. The Labute approximate surface area is 104 Å². The van der Waals surface area contributed by atoms with Crippen LogP contribution in [0, 0.1) is 5.92 Å². The molecule has 0 spiro atoms. The summed E-state index contributed by atoms with van der Waals surface area (Å²) in [5.41, 5.74) is 1.30. The Morgan fingerprint density at radius 2 is 1.75 bits per heavy atom. The highest BCUT2D eigenvalue weighted by atomic mass is 35.5. The predicted molar refractivity (Wildman–Crippen MR) is 70.5 cm³/mol. The van der Waals surface area contributed by atoms with E-state index in [-0.39, 0.29) is 5.38 Å². The molecule has 0 aliphatic rings. The summed E-state index contributed by atoms with van der Waals surface area (Å²) in [6.07, 6.45) is 1.07. The van der Waals surface area contributed by atoms with Gasteiger partial charge in [-0.2, -0.15) is 0 Å². The molecule has 0 radical (unpaired) electrons. The number of alkyl halides is 1. The van der Waals surface area contributed by atoms with Gasteiger partial charge in [0.2, 0.25) is 0 Å². The van der Waals surface area contributed by atoms with E-state index in [9.17, 15) is 0 Å². The molecule has 90 valence electrons. The van der Waals surface area contributed by atoms with E-state index in [0.717, 1.165) is 12.2 Å². The van der Waals surface area contributed by atoms with Gasteiger partial charge in [-0.1, -0.05) is 32.9 Å². The first kappa shape index (κ1) is 13.4. The zero-order chi connectivity index (χ0) is 12.1. The average molecular weight is 241 g/mol. The zero-order valence-corrected chi connectivity index (χ0v) is 11.3. The second-order valence-corrected chi connectivity index (χ2v) is 4.98. The Morgan fingerprint density at radius 1 is 1.19 bits per heavy atom. The largest absolute Gasteiger partial charge is 0.497 e. The van der Waals surface area contributed by atoms with Crippen LogP contribution < -0.4 is 4.74 Å². The summed E-state index contributed by atoms with van der Waals surface area (Å²) in [4.78, 5) is 0. The van der Waals surface area contributed by atoms with Crippen molar-refractivity contribution >= 4 is 11.6 Å². The smallest absolute Gasteiger partial charge is 0.118 e. The van der Waals surface area contributed by atoms with Gasteiger partial charge in [-0.3, -0.25) is 0 Å². The first-order chi connectivity index (χ1) is 7.60. The lowest BCUT2D eigenvalue weighted by atomic mass is 9.88. The van der Waals surface area contributed by atoms with Crippen LogP contribution in [0.25, 0.3) is 0 Å². The quantitative estimate of drug-likeness (QED) is 0.691. The van der Waals surface area contributed by atoms with Gasteiger partial charge in [-0.25, -0.2) is 0 Å². The first-order valence-electron chi connectivity index (χ1n) is 5.88. The van der Waals surface area contributed by atoms with Gasteiger partial charge < -0.3 is 4.74 Å². The SMILES string of the molecule is CCC(c1ccc(OC)cc1)C(Cl)C(C)C. The zero-order valence-electron chi connectivity index (χ0n) is 10.5. The van der Waals surface area contributed by atoms with Crippen molar-refractivity contribution in [3.8, 4) is 5.75 Å². The van der Waals surface area contributed by atoms with Gasteiger partial charge in [0.1, 0.15) is 5.75 Å². The number of ether oxygens (including phenoxy) is 1. The summed E-state index contributed by atoms with van der Waals surface area (Å²) in [5, 5.41) is 0.193. The van der Waals surface area contributed by atoms with Crippen molar-refractivity contribution in [2.75, 3.05) is 7.11 Å². The third-order valence-corrected chi connectivity index (χ3v) is 3.81. The van der Waals surface area contributed by atoms with Gasteiger partial charge >= 0.3 is 0 Å². The highest BCUT2D eigenvalue weighted by molar-refractivity contribution is 6.21. The Hall–Kier alpha value is -0.690. The first-order valence-corrected chi connectivity index (χ1v) is 6.31. The molecule has 0 aromatic heterocycles. The molecule has 1 aromatic carbocycles. The second-order valence-electron chi connectivity index (χ2n) is 4.48. The standard InChI is InChI=1S/C14H21ClO/c1-5-13(14(15)10(2)3)11-6-8-12(16-4)9-7-11/h6-10,13-14H,5H2,1-4H3. The Balaban J connectivity index is 2.86. The van der Waals surface area contributed by atoms with Crippen molar-refractivity contribution in [3.05, 3.63) is 29.8 Å². The van der Waals surface area contributed by atoms with Crippen molar-refractivity contribution in [2.24, 2.45) is 5.92 Å². The van der Waals surface area contributed by atoms with Crippen LogP contribution in [0.1, 0.15) is 38.7 Å². The molecule has 0 fully saturated rings. The third-order valence-electron chi connectivity index (χ3n) is 3.01. The monoisotopic (exact) mass is 240 g/mol. The van der Waals surface area contributed by atoms with Gasteiger partial charge in [0.15, 0.2) is 0 Å². The number of rotatable bonds is 5. The number of hydrogen-bond acceptors (Lipinski definition) is 1. The molecule has 1 rings (SSSR count). The maximum atomic E-state index is 6.46. The molecule has 0 heterocycles. The van der Waals surface area contributed by atoms with Crippen LogP contribution in [0.15, 0.2) is 24.3 Å². The van der Waals surface area contributed by atoms with Crippen LogP contribution in [0.3, 0.4) is 0 Å². The maximum absolute atomic E-state index is 6.46. The molecule has 1 nitrogen and oxygen atoms in total. The number of benzene rings is 1. The molecule has 1 aromatic rings. The Morgan fingerprint density at radius 3 is 2.12 bits per heavy atom. The molecule has 2 unspecified atom stereocenters. The van der Waals surface area contributed by atoms with E-state index in [1.807, 2.05) is 12.1 Å². The number of halogens is 1. The lowest BCUT2D eigenvalue weighted by Crippen LogP contribution is -2.18. The normalized spacial score (nSPS) is 14.9. The molecular weight excluding hydrogens is 220 g/mol. The molecule has 0 aliphatic heterocycles. The molecule has 0 bridgehead atoms. The van der Waals surface area contributed by atoms with Crippen LogP contribution in [-0.4, -0.2) is 12.5 Å². The molecule has 0 saturated carbocycles. The van der Waals surface area contributed by atoms with E-state index in [0.29, 0.717) is 11.8 Å².